The number of benzene rings is 1. The van der Waals surface area contributed by atoms with Crippen LogP contribution >= 0.6 is 0 Å². The van der Waals surface area contributed by atoms with Crippen molar-refractivity contribution in [1.29, 1.82) is 0 Å². The highest BCUT2D eigenvalue weighted by atomic mass is 16.5. The zero-order valence-electron chi connectivity index (χ0n) is 15.0. The molecule has 1 N–H and O–H groups in total. The van der Waals surface area contributed by atoms with Crippen molar-refractivity contribution >= 4 is 0 Å². The number of aromatic nitrogens is 2. The van der Waals surface area contributed by atoms with E-state index in [1.165, 1.54) is 5.56 Å². The fourth-order valence-electron chi connectivity index (χ4n) is 3.37. The molecule has 6 heteroatoms. The highest BCUT2D eigenvalue weighted by Crippen LogP contribution is 2.30. The molecule has 0 bridgehead atoms. The average molecular weight is 343 g/mol. The summed E-state index contributed by atoms with van der Waals surface area (Å²) < 4.78 is 11.0. The number of hydrogen-bond acceptors (Lipinski definition) is 5. The van der Waals surface area contributed by atoms with Crippen molar-refractivity contribution in [3.05, 3.63) is 51.7 Å². The lowest BCUT2D eigenvalue weighted by molar-refractivity contribution is 0.307. The average Bonchev–Trinajstić information content (AvgIpc) is 3.04. The van der Waals surface area contributed by atoms with Gasteiger partial charge in [0.15, 0.2) is 11.5 Å². The van der Waals surface area contributed by atoms with E-state index in [2.05, 4.69) is 20.9 Å². The summed E-state index contributed by atoms with van der Waals surface area (Å²) in [6.45, 7) is 7.15. The van der Waals surface area contributed by atoms with Crippen molar-refractivity contribution in [2.45, 2.75) is 32.7 Å². The highest BCUT2D eigenvalue weighted by Gasteiger charge is 2.25. The molecular formula is C19H25N3O3. The second kappa shape index (κ2) is 7.70. The number of ether oxygens (including phenoxy) is 2. The molecule has 1 aromatic heterocycles. The van der Waals surface area contributed by atoms with Crippen LogP contribution in [0.3, 0.4) is 0 Å². The molecule has 1 aliphatic heterocycles. The summed E-state index contributed by atoms with van der Waals surface area (Å²) in [7, 11) is 1.66. The SMILES string of the molecule is CCOc1ccc(CN2CCC(c3cc(=O)[nH]c(C)n3)C2)cc1OC. The summed E-state index contributed by atoms with van der Waals surface area (Å²) in [5, 5.41) is 0. The Kier molecular flexibility index (Phi) is 5.38. The topological polar surface area (TPSA) is 67.5 Å². The molecule has 0 aliphatic carbocycles. The van der Waals surface area contributed by atoms with Gasteiger partial charge in [-0.05, 0) is 44.5 Å². The molecule has 6 nitrogen and oxygen atoms in total. The summed E-state index contributed by atoms with van der Waals surface area (Å²) in [6.07, 6.45) is 1.02. The number of hydrogen-bond donors (Lipinski definition) is 1. The van der Waals surface area contributed by atoms with Crippen LogP contribution in [-0.4, -0.2) is 41.7 Å². The van der Waals surface area contributed by atoms with E-state index < -0.39 is 0 Å². The number of nitrogens with zero attached hydrogens (tertiary/aromatic N) is 2. The quantitative estimate of drug-likeness (QED) is 0.873. The van der Waals surface area contributed by atoms with Crippen molar-refractivity contribution < 1.29 is 9.47 Å². The van der Waals surface area contributed by atoms with Crippen LogP contribution in [0.15, 0.2) is 29.1 Å². The first-order valence-electron chi connectivity index (χ1n) is 8.69. The fraction of sp³-hybridized carbons (Fsp3) is 0.474. The first kappa shape index (κ1) is 17.5. The molecule has 0 radical (unpaired) electrons. The second-order valence-electron chi connectivity index (χ2n) is 6.39. The summed E-state index contributed by atoms with van der Waals surface area (Å²) in [5.41, 5.74) is 2.02. The van der Waals surface area contributed by atoms with Crippen LogP contribution in [0.25, 0.3) is 0 Å². The van der Waals surface area contributed by atoms with Gasteiger partial charge in [-0.3, -0.25) is 9.69 Å². The predicted octanol–water partition coefficient (Wildman–Crippen LogP) is 2.48. The minimum atomic E-state index is -0.0720. The maximum absolute atomic E-state index is 11.7. The minimum Gasteiger partial charge on any atom is -0.493 e. The summed E-state index contributed by atoms with van der Waals surface area (Å²) in [4.78, 5) is 21.3. The molecule has 1 atom stereocenters. The third kappa shape index (κ3) is 4.20. The van der Waals surface area contributed by atoms with Crippen molar-refractivity contribution in [2.75, 3.05) is 26.8 Å². The molecule has 2 aromatic rings. The Hall–Kier alpha value is -2.34. The predicted molar refractivity (Wildman–Crippen MR) is 96.4 cm³/mol. The summed E-state index contributed by atoms with van der Waals surface area (Å²) in [6, 6.07) is 7.71. The summed E-state index contributed by atoms with van der Waals surface area (Å²) >= 11 is 0. The second-order valence-corrected chi connectivity index (χ2v) is 6.39. The molecule has 25 heavy (non-hydrogen) atoms. The van der Waals surface area contributed by atoms with E-state index in [9.17, 15) is 4.79 Å². The molecule has 3 rings (SSSR count). The smallest absolute Gasteiger partial charge is 0.251 e. The van der Waals surface area contributed by atoms with Crippen LogP contribution in [0.4, 0.5) is 0 Å². The number of H-pyrrole nitrogens is 1. The van der Waals surface area contributed by atoms with Crippen LogP contribution in [0, 0.1) is 6.92 Å². The van der Waals surface area contributed by atoms with E-state index >= 15 is 0 Å². The number of aryl methyl sites for hydroxylation is 1. The van der Waals surface area contributed by atoms with Crippen LogP contribution < -0.4 is 15.0 Å². The summed E-state index contributed by atoms with van der Waals surface area (Å²) in [5.74, 6) is 2.53. The Labute approximate surface area is 147 Å². The Morgan fingerprint density at radius 1 is 1.32 bits per heavy atom. The van der Waals surface area contributed by atoms with Crippen LogP contribution in [0.5, 0.6) is 11.5 Å². The Balaban J connectivity index is 1.68. The molecule has 134 valence electrons. The lowest BCUT2D eigenvalue weighted by atomic mass is 10.0. The lowest BCUT2D eigenvalue weighted by Crippen LogP contribution is -2.21. The van der Waals surface area contributed by atoms with Crippen molar-refractivity contribution in [3.63, 3.8) is 0 Å². The zero-order chi connectivity index (χ0) is 17.8. The van der Waals surface area contributed by atoms with Crippen molar-refractivity contribution in [3.8, 4) is 11.5 Å². The number of rotatable bonds is 6. The molecule has 2 heterocycles. The van der Waals surface area contributed by atoms with E-state index in [-0.39, 0.29) is 5.56 Å². The van der Waals surface area contributed by atoms with Gasteiger partial charge < -0.3 is 14.5 Å². The van der Waals surface area contributed by atoms with Crippen molar-refractivity contribution in [2.24, 2.45) is 0 Å². The first-order valence-corrected chi connectivity index (χ1v) is 8.69. The number of nitrogens with one attached hydrogen (secondary N) is 1. The monoisotopic (exact) mass is 343 g/mol. The van der Waals surface area contributed by atoms with Gasteiger partial charge in [-0.25, -0.2) is 4.98 Å². The maximum Gasteiger partial charge on any atom is 0.251 e. The Morgan fingerprint density at radius 2 is 2.16 bits per heavy atom. The molecular weight excluding hydrogens is 318 g/mol. The highest BCUT2D eigenvalue weighted by molar-refractivity contribution is 5.43. The van der Waals surface area contributed by atoms with Gasteiger partial charge in [-0.2, -0.15) is 0 Å². The molecule has 1 aliphatic rings. The van der Waals surface area contributed by atoms with Crippen molar-refractivity contribution in [1.82, 2.24) is 14.9 Å². The minimum absolute atomic E-state index is 0.0720. The third-order valence-electron chi connectivity index (χ3n) is 4.50. The first-order chi connectivity index (χ1) is 12.1. The number of likely N-dealkylation sites (tertiary alicyclic amines) is 1. The van der Waals surface area contributed by atoms with E-state index in [4.69, 9.17) is 9.47 Å². The van der Waals surface area contributed by atoms with E-state index in [1.54, 1.807) is 13.2 Å². The van der Waals surface area contributed by atoms with Crippen LogP contribution in [-0.2, 0) is 6.54 Å². The van der Waals surface area contributed by atoms with Gasteiger partial charge in [-0.15, -0.1) is 0 Å². The molecule has 0 amide bonds. The molecule has 0 spiro atoms. The Morgan fingerprint density at radius 3 is 2.88 bits per heavy atom. The van der Waals surface area contributed by atoms with Gasteiger partial charge in [0.25, 0.3) is 5.56 Å². The van der Waals surface area contributed by atoms with Gasteiger partial charge in [0.05, 0.1) is 19.4 Å². The van der Waals surface area contributed by atoms with E-state index in [1.807, 2.05) is 26.0 Å². The largest absolute Gasteiger partial charge is 0.493 e. The van der Waals surface area contributed by atoms with Crippen LogP contribution in [0.1, 0.15) is 36.3 Å². The molecule has 1 fully saturated rings. The zero-order valence-corrected chi connectivity index (χ0v) is 15.0. The van der Waals surface area contributed by atoms with Gasteiger partial charge in [0.2, 0.25) is 0 Å². The molecule has 1 unspecified atom stereocenters. The van der Waals surface area contributed by atoms with E-state index in [0.29, 0.717) is 18.3 Å². The number of methoxy groups -OCH3 is 1. The molecule has 0 saturated carbocycles. The van der Waals surface area contributed by atoms with Gasteiger partial charge >= 0.3 is 0 Å². The van der Waals surface area contributed by atoms with Gasteiger partial charge in [0.1, 0.15) is 5.82 Å². The maximum atomic E-state index is 11.7. The van der Waals surface area contributed by atoms with Gasteiger partial charge in [0, 0.05) is 25.1 Å². The molecule has 1 saturated heterocycles. The number of aromatic amines is 1. The fourth-order valence-corrected chi connectivity index (χ4v) is 3.37. The standard InChI is InChI=1S/C19H25N3O3/c1-4-25-17-6-5-14(9-18(17)24-3)11-22-8-7-15(12-22)16-10-19(23)21-13(2)20-16/h5-6,9-10,15H,4,7-8,11-12H2,1-3H3,(H,20,21,23). The van der Waals surface area contributed by atoms with Crippen LogP contribution in [0.2, 0.25) is 0 Å². The molecule has 1 aromatic carbocycles. The third-order valence-corrected chi connectivity index (χ3v) is 4.50. The van der Waals surface area contributed by atoms with E-state index in [0.717, 1.165) is 43.2 Å². The normalized spacial score (nSPS) is 17.6. The Bertz CT molecular complexity index is 788. The lowest BCUT2D eigenvalue weighted by Gasteiger charge is -2.17. The van der Waals surface area contributed by atoms with Gasteiger partial charge in [-0.1, -0.05) is 6.07 Å².